The molecule has 0 fully saturated rings. The molecule has 0 saturated carbocycles. The first-order valence-electron chi connectivity index (χ1n) is 11.3. The van der Waals surface area contributed by atoms with E-state index in [1.54, 1.807) is 36.2 Å². The molecule has 2 unspecified atom stereocenters. The molecular weight excluding hydrogens is 462 g/mol. The minimum atomic E-state index is -0.646. The summed E-state index contributed by atoms with van der Waals surface area (Å²) in [6.07, 6.45) is 9.83. The number of carbonyl (C=O) groups excluding carboxylic acids is 2. The Morgan fingerprint density at radius 2 is 1.89 bits per heavy atom. The van der Waals surface area contributed by atoms with E-state index in [1.807, 2.05) is 73.3 Å². The second-order valence-corrected chi connectivity index (χ2v) is 8.89. The number of benzene rings is 2. The number of halogens is 1. The fraction of sp³-hybridized carbons (Fsp3) is 0.214. The van der Waals surface area contributed by atoms with Gasteiger partial charge < -0.3 is 19.5 Å². The third-order valence-electron chi connectivity index (χ3n) is 6.26. The molecule has 35 heavy (non-hydrogen) atoms. The van der Waals surface area contributed by atoms with Crippen LogP contribution in [0.5, 0.6) is 5.75 Å². The molecule has 0 spiro atoms. The van der Waals surface area contributed by atoms with Crippen LogP contribution < -0.4 is 10.1 Å². The number of methoxy groups -OCH3 is 1. The van der Waals surface area contributed by atoms with Gasteiger partial charge in [-0.05, 0) is 54.5 Å². The van der Waals surface area contributed by atoms with Crippen molar-refractivity contribution < 1.29 is 14.3 Å². The number of ether oxygens (including phenoxy) is 1. The van der Waals surface area contributed by atoms with Crippen LogP contribution in [-0.4, -0.2) is 35.4 Å². The summed E-state index contributed by atoms with van der Waals surface area (Å²) in [6, 6.07) is 13.9. The molecule has 180 valence electrons. The predicted molar refractivity (Wildman–Crippen MR) is 140 cm³/mol. The van der Waals surface area contributed by atoms with Crippen LogP contribution in [0.1, 0.15) is 46.1 Å². The van der Waals surface area contributed by atoms with Gasteiger partial charge in [0, 0.05) is 36.6 Å². The number of aromatic nitrogens is 1. The van der Waals surface area contributed by atoms with Crippen molar-refractivity contribution in [2.75, 3.05) is 19.5 Å². The minimum absolute atomic E-state index is 0.121. The zero-order valence-corrected chi connectivity index (χ0v) is 20.9. The summed E-state index contributed by atoms with van der Waals surface area (Å²) in [6.45, 7) is 1.96. The standard InChI is InChI=1S/C28H28ClN3O3/c1-5-6-7-10-20-15-18(17-31(20)2)26-25(21-11-8-9-12-22(21)28(34)32(26)3)27(33)30-23-16-19(29)13-14-24(23)35-4/h5-17,25-26H,1-4H3,(H,30,33)/b6-5-,10-7-. The molecule has 1 aliphatic rings. The highest BCUT2D eigenvalue weighted by atomic mass is 35.5. The summed E-state index contributed by atoms with van der Waals surface area (Å²) in [5.41, 5.74) is 3.52. The van der Waals surface area contributed by atoms with Crippen LogP contribution in [0.15, 0.2) is 73.0 Å². The maximum atomic E-state index is 13.9. The van der Waals surface area contributed by atoms with Crippen molar-refractivity contribution in [3.05, 3.63) is 100 Å². The third-order valence-corrected chi connectivity index (χ3v) is 6.49. The van der Waals surface area contributed by atoms with Crippen molar-refractivity contribution in [1.29, 1.82) is 0 Å². The van der Waals surface area contributed by atoms with Crippen LogP contribution in [0.3, 0.4) is 0 Å². The predicted octanol–water partition coefficient (Wildman–Crippen LogP) is 5.83. The van der Waals surface area contributed by atoms with Gasteiger partial charge in [-0.2, -0.15) is 0 Å². The van der Waals surface area contributed by atoms with E-state index >= 15 is 0 Å². The van der Waals surface area contributed by atoms with E-state index in [0.29, 0.717) is 27.6 Å². The molecule has 2 atom stereocenters. The van der Waals surface area contributed by atoms with Crippen molar-refractivity contribution in [1.82, 2.24) is 9.47 Å². The van der Waals surface area contributed by atoms with Crippen LogP contribution in [0.25, 0.3) is 6.08 Å². The summed E-state index contributed by atoms with van der Waals surface area (Å²) in [7, 11) is 5.23. The molecule has 2 amide bonds. The van der Waals surface area contributed by atoms with Crippen LogP contribution in [0.2, 0.25) is 5.02 Å². The van der Waals surface area contributed by atoms with Crippen molar-refractivity contribution in [3.8, 4) is 5.75 Å². The van der Waals surface area contributed by atoms with Crippen molar-refractivity contribution in [3.63, 3.8) is 0 Å². The Bertz CT molecular complexity index is 1320. The monoisotopic (exact) mass is 489 g/mol. The quantitative estimate of drug-likeness (QED) is 0.443. The average molecular weight is 490 g/mol. The average Bonchev–Trinajstić information content (AvgIpc) is 3.21. The number of carbonyl (C=O) groups is 2. The first-order chi connectivity index (χ1) is 16.8. The van der Waals surface area contributed by atoms with Gasteiger partial charge in [0.15, 0.2) is 0 Å². The Hall–Kier alpha value is -3.77. The number of likely N-dealkylation sites (N-methyl/N-ethyl adjacent to an activating group) is 1. The lowest BCUT2D eigenvalue weighted by atomic mass is 9.80. The normalized spacial score (nSPS) is 17.7. The minimum Gasteiger partial charge on any atom is -0.495 e. The maximum Gasteiger partial charge on any atom is 0.254 e. The van der Waals surface area contributed by atoms with E-state index in [4.69, 9.17) is 16.3 Å². The van der Waals surface area contributed by atoms with Crippen LogP contribution in [0, 0.1) is 0 Å². The topological polar surface area (TPSA) is 63.6 Å². The largest absolute Gasteiger partial charge is 0.495 e. The van der Waals surface area contributed by atoms with Gasteiger partial charge in [0.05, 0.1) is 24.8 Å². The molecule has 0 saturated heterocycles. The zero-order valence-electron chi connectivity index (χ0n) is 20.2. The summed E-state index contributed by atoms with van der Waals surface area (Å²) in [5, 5.41) is 3.48. The molecular formula is C28H28ClN3O3. The van der Waals surface area contributed by atoms with Gasteiger partial charge in [0.2, 0.25) is 5.91 Å². The molecule has 1 N–H and O–H groups in total. The van der Waals surface area contributed by atoms with E-state index < -0.39 is 12.0 Å². The molecule has 1 aliphatic heterocycles. The van der Waals surface area contributed by atoms with Crippen molar-refractivity contribution in [2.45, 2.75) is 18.9 Å². The van der Waals surface area contributed by atoms with E-state index in [9.17, 15) is 9.59 Å². The van der Waals surface area contributed by atoms with Crippen molar-refractivity contribution >= 4 is 35.2 Å². The Morgan fingerprint density at radius 1 is 1.11 bits per heavy atom. The highest BCUT2D eigenvalue weighted by Crippen LogP contribution is 2.43. The lowest BCUT2D eigenvalue weighted by Gasteiger charge is -2.39. The summed E-state index contributed by atoms with van der Waals surface area (Å²) < 4.78 is 7.41. The van der Waals surface area contributed by atoms with Gasteiger partial charge in [-0.1, -0.05) is 48.0 Å². The molecule has 4 rings (SSSR count). The number of anilines is 1. The van der Waals surface area contributed by atoms with E-state index in [-0.39, 0.29) is 11.8 Å². The fourth-order valence-electron chi connectivity index (χ4n) is 4.56. The first kappa shape index (κ1) is 24.4. The number of rotatable bonds is 6. The highest BCUT2D eigenvalue weighted by Gasteiger charge is 2.43. The van der Waals surface area contributed by atoms with Crippen LogP contribution in [0.4, 0.5) is 5.69 Å². The smallest absolute Gasteiger partial charge is 0.254 e. The number of hydrogen-bond donors (Lipinski definition) is 1. The number of nitrogens with zero attached hydrogens (tertiary/aromatic N) is 2. The molecule has 0 aliphatic carbocycles. The summed E-state index contributed by atoms with van der Waals surface area (Å²) >= 11 is 6.19. The summed E-state index contributed by atoms with van der Waals surface area (Å²) in [4.78, 5) is 28.8. The number of hydrogen-bond acceptors (Lipinski definition) is 3. The molecule has 2 heterocycles. The van der Waals surface area contributed by atoms with Gasteiger partial charge in [-0.15, -0.1) is 0 Å². The first-order valence-corrected chi connectivity index (χ1v) is 11.7. The van der Waals surface area contributed by atoms with Gasteiger partial charge in [-0.25, -0.2) is 0 Å². The molecule has 0 bridgehead atoms. The van der Waals surface area contributed by atoms with Crippen molar-refractivity contribution in [2.24, 2.45) is 7.05 Å². The van der Waals surface area contributed by atoms with Gasteiger partial charge in [-0.3, -0.25) is 9.59 Å². The van der Waals surface area contributed by atoms with Crippen LogP contribution in [-0.2, 0) is 11.8 Å². The molecule has 7 heteroatoms. The molecule has 2 aromatic carbocycles. The van der Waals surface area contributed by atoms with Gasteiger partial charge in [0.25, 0.3) is 5.91 Å². The lowest BCUT2D eigenvalue weighted by molar-refractivity contribution is -0.119. The fourth-order valence-corrected chi connectivity index (χ4v) is 4.73. The Labute approximate surface area is 210 Å². The van der Waals surface area contributed by atoms with Gasteiger partial charge in [0.1, 0.15) is 5.75 Å². The second-order valence-electron chi connectivity index (χ2n) is 8.45. The number of allylic oxidation sites excluding steroid dienone is 3. The third kappa shape index (κ3) is 4.75. The number of aryl methyl sites for hydroxylation is 1. The number of amides is 2. The molecule has 1 aromatic heterocycles. The van der Waals surface area contributed by atoms with E-state index in [2.05, 4.69) is 5.32 Å². The molecule has 6 nitrogen and oxygen atoms in total. The maximum absolute atomic E-state index is 13.9. The van der Waals surface area contributed by atoms with Crippen LogP contribution >= 0.6 is 11.6 Å². The summed E-state index contributed by atoms with van der Waals surface area (Å²) in [5.74, 6) is -0.515. The zero-order chi connectivity index (χ0) is 25.1. The van der Waals surface area contributed by atoms with E-state index in [0.717, 1.165) is 11.3 Å². The van der Waals surface area contributed by atoms with Gasteiger partial charge >= 0.3 is 0 Å². The number of fused-ring (bicyclic) bond motifs is 1. The molecule has 0 radical (unpaired) electrons. The molecule has 3 aromatic rings. The Balaban J connectivity index is 1.81. The Kier molecular flexibility index (Phi) is 7.12. The number of nitrogens with one attached hydrogen (secondary N) is 1. The highest BCUT2D eigenvalue weighted by molar-refractivity contribution is 6.31. The SMILES string of the molecule is C/C=C\C=C/c1cc(C2C(C(=O)Nc3cc(Cl)ccc3OC)c3ccccc3C(=O)N2C)cn1C. The Morgan fingerprint density at radius 3 is 2.63 bits per heavy atom. The second kappa shape index (κ2) is 10.2. The van der Waals surface area contributed by atoms with E-state index in [1.165, 1.54) is 7.11 Å². The lowest BCUT2D eigenvalue weighted by Crippen LogP contribution is -2.44.